The van der Waals surface area contributed by atoms with E-state index in [0.717, 1.165) is 0 Å². The highest BCUT2D eigenvalue weighted by Crippen LogP contribution is 2.54. The predicted octanol–water partition coefficient (Wildman–Crippen LogP) is -0.0867. The average Bonchev–Trinajstić information content (AvgIpc) is 3.39. The number of Topliss-reactive ketones (excluding diaryl/α,β-unsaturated/α-hetero) is 2. The summed E-state index contributed by atoms with van der Waals surface area (Å²) in [7, 11) is 6.78. The van der Waals surface area contributed by atoms with Crippen molar-refractivity contribution in [3.63, 3.8) is 0 Å². The van der Waals surface area contributed by atoms with Gasteiger partial charge in [-0.25, -0.2) is 4.79 Å². The summed E-state index contributed by atoms with van der Waals surface area (Å²) in [6, 6.07) is 2.28. The number of aromatic hydroxyl groups is 1. The number of hydrogen-bond acceptors (Lipinski definition) is 12. The van der Waals surface area contributed by atoms with E-state index in [1.807, 2.05) is 19.0 Å². The third kappa shape index (κ3) is 3.80. The molecule has 8 N–H and O–H groups in total. The summed E-state index contributed by atoms with van der Waals surface area (Å²) in [6.45, 7) is 0.115. The number of benzene rings is 1. The van der Waals surface area contributed by atoms with Crippen molar-refractivity contribution in [3.05, 3.63) is 52.0 Å². The second kappa shape index (κ2) is 9.47. The zero-order chi connectivity index (χ0) is 29.3. The number of anilines is 2. The first kappa shape index (κ1) is 27.4. The van der Waals surface area contributed by atoms with Crippen LogP contribution in [0.1, 0.15) is 23.1 Å². The lowest BCUT2D eigenvalue weighted by Crippen LogP contribution is -2.68. The summed E-state index contributed by atoms with van der Waals surface area (Å²) in [4.78, 5) is 42.9. The van der Waals surface area contributed by atoms with Gasteiger partial charge in [-0.15, -0.1) is 0 Å². The average molecular weight is 555 g/mol. The van der Waals surface area contributed by atoms with Crippen molar-refractivity contribution in [1.29, 1.82) is 0 Å². The molecule has 0 radical (unpaired) electrons. The highest BCUT2D eigenvalue weighted by Gasteiger charge is 2.64. The van der Waals surface area contributed by atoms with Crippen molar-refractivity contribution in [3.8, 4) is 5.75 Å². The Morgan fingerprint density at radius 1 is 1.23 bits per heavy atom. The number of fused-ring (bicyclic) bond motifs is 3. The van der Waals surface area contributed by atoms with Crippen LogP contribution in [0.15, 0.2) is 39.8 Å². The van der Waals surface area contributed by atoms with Gasteiger partial charge in [0.2, 0.25) is 5.78 Å². The molecule has 3 aliphatic rings. The van der Waals surface area contributed by atoms with Crippen LogP contribution in [0.25, 0.3) is 5.76 Å². The molecular weight excluding hydrogens is 522 g/mol. The molecule has 13 nitrogen and oxygen atoms in total. The molecule has 2 aromatic rings. The number of nitrogens with one attached hydrogen (secondary N) is 1. The minimum Gasteiger partial charge on any atom is -0.508 e. The van der Waals surface area contributed by atoms with E-state index in [0.29, 0.717) is 22.6 Å². The smallest absolute Gasteiger partial charge is 0.348 e. The SMILES string of the molecule is CN(C)c1cc(CNc2ccon2)c(O)c2c1CC1CC3C(N(C)C)C(=O)C(C([NH3+])=O)=C(O)C3(O)C(=O)C1=C2O. The summed E-state index contributed by atoms with van der Waals surface area (Å²) in [5.74, 6) is -5.93. The molecule has 0 bridgehead atoms. The van der Waals surface area contributed by atoms with Gasteiger partial charge in [-0.2, -0.15) is 0 Å². The number of nitrogens with zero attached hydrogens (tertiary/aromatic N) is 3. The third-order valence-electron chi connectivity index (χ3n) is 8.19. The Labute approximate surface area is 229 Å². The molecule has 1 heterocycles. The third-order valence-corrected chi connectivity index (χ3v) is 8.19. The van der Waals surface area contributed by atoms with E-state index < -0.39 is 58.0 Å². The number of hydrogen-bond donors (Lipinski definition) is 6. The minimum absolute atomic E-state index is 0.0396. The van der Waals surface area contributed by atoms with E-state index in [4.69, 9.17) is 4.52 Å². The first-order valence-corrected chi connectivity index (χ1v) is 12.7. The number of rotatable bonds is 6. The van der Waals surface area contributed by atoms with Crippen molar-refractivity contribution in [2.75, 3.05) is 38.4 Å². The standard InChI is InChI=1S/C27H31N5O8/c1-31(2)15-9-12(10-29-16-5-6-40-30-16)21(33)18-13(15)7-11-8-14-20(32(3)4)23(35)19(26(28)38)25(37)27(14,39)24(36)17(11)22(18)34/h5-6,9,11,14,20,33-34,37,39H,7-8,10H2,1-4H3,(H2,28,38)(H,29,30)/p+1. The summed E-state index contributed by atoms with van der Waals surface area (Å²) in [5, 5.41) is 52.4. The molecule has 4 atom stereocenters. The fraction of sp³-hybridized carbons (Fsp3) is 0.407. The highest BCUT2D eigenvalue weighted by atomic mass is 16.5. The van der Waals surface area contributed by atoms with E-state index in [1.54, 1.807) is 26.2 Å². The summed E-state index contributed by atoms with van der Waals surface area (Å²) < 4.78 is 4.82. The van der Waals surface area contributed by atoms with Crippen LogP contribution in [0.3, 0.4) is 0 Å². The molecule has 1 amide bonds. The molecule has 13 heteroatoms. The molecule has 1 aromatic heterocycles. The Morgan fingerprint density at radius 3 is 2.50 bits per heavy atom. The maximum atomic E-state index is 14.0. The number of aliphatic hydroxyl groups excluding tert-OH is 2. The van der Waals surface area contributed by atoms with Crippen molar-refractivity contribution in [2.24, 2.45) is 11.8 Å². The van der Waals surface area contributed by atoms with Crippen molar-refractivity contribution in [2.45, 2.75) is 31.0 Å². The van der Waals surface area contributed by atoms with E-state index in [2.05, 4.69) is 16.2 Å². The topological polar surface area (TPSA) is 204 Å². The molecule has 0 aliphatic heterocycles. The van der Waals surface area contributed by atoms with Crippen molar-refractivity contribution < 1.29 is 45.1 Å². The lowest BCUT2D eigenvalue weighted by Gasteiger charge is -2.50. The van der Waals surface area contributed by atoms with Gasteiger partial charge in [-0.05, 0) is 44.5 Å². The maximum absolute atomic E-state index is 14.0. The summed E-state index contributed by atoms with van der Waals surface area (Å²) in [5.41, 5.74) is 1.40. The molecule has 212 valence electrons. The monoisotopic (exact) mass is 554 g/mol. The van der Waals surface area contributed by atoms with Gasteiger partial charge in [0.15, 0.2) is 28.5 Å². The van der Waals surface area contributed by atoms with Gasteiger partial charge < -0.3 is 35.2 Å². The van der Waals surface area contributed by atoms with Gasteiger partial charge in [-0.3, -0.25) is 20.2 Å². The Hall–Kier alpha value is -4.20. The van der Waals surface area contributed by atoms with Crippen molar-refractivity contribution in [1.82, 2.24) is 10.1 Å². The number of likely N-dealkylation sites (N-methyl/N-ethyl adjacent to an activating group) is 1. The lowest BCUT2D eigenvalue weighted by molar-refractivity contribution is -0.299. The molecule has 5 rings (SSSR count). The number of phenolic OH excluding ortho intramolecular Hbond substituents is 1. The Kier molecular flexibility index (Phi) is 6.48. The van der Waals surface area contributed by atoms with Crippen molar-refractivity contribution >= 4 is 34.7 Å². The number of aromatic nitrogens is 1. The van der Waals surface area contributed by atoms with E-state index in [1.165, 1.54) is 11.2 Å². The molecule has 1 aromatic carbocycles. The Balaban J connectivity index is 1.69. The molecule has 0 saturated heterocycles. The molecule has 3 aliphatic carbocycles. The maximum Gasteiger partial charge on any atom is 0.348 e. The number of quaternary nitrogens is 1. The minimum atomic E-state index is -2.64. The van der Waals surface area contributed by atoms with Gasteiger partial charge in [0.25, 0.3) is 0 Å². The van der Waals surface area contributed by atoms with Crippen LogP contribution in [0.2, 0.25) is 0 Å². The van der Waals surface area contributed by atoms with Crippen LogP contribution in [-0.4, -0.2) is 87.8 Å². The Bertz CT molecular complexity index is 1490. The lowest BCUT2D eigenvalue weighted by atomic mass is 9.57. The second-order valence-electron chi connectivity index (χ2n) is 10.9. The largest absolute Gasteiger partial charge is 0.508 e. The second-order valence-corrected chi connectivity index (χ2v) is 10.9. The van der Waals surface area contributed by atoms with E-state index in [-0.39, 0.29) is 36.3 Å². The molecule has 1 saturated carbocycles. The predicted molar refractivity (Wildman–Crippen MR) is 141 cm³/mol. The van der Waals surface area contributed by atoms with Gasteiger partial charge >= 0.3 is 5.91 Å². The van der Waals surface area contributed by atoms with E-state index in [9.17, 15) is 34.8 Å². The van der Waals surface area contributed by atoms with Gasteiger partial charge in [-0.1, -0.05) is 5.16 Å². The van der Waals surface area contributed by atoms with Gasteiger partial charge in [0.05, 0.1) is 11.6 Å². The van der Waals surface area contributed by atoms with Gasteiger partial charge in [0, 0.05) is 49.4 Å². The molecular formula is C27H32N5O8+. The number of ketones is 2. The van der Waals surface area contributed by atoms with Crippen LogP contribution < -0.4 is 16.0 Å². The number of carbonyl (C=O) groups excluding carboxylic acids is 3. The quantitative estimate of drug-likeness (QED) is 0.259. The summed E-state index contributed by atoms with van der Waals surface area (Å²) >= 11 is 0. The number of aliphatic hydroxyl groups is 3. The number of phenols is 1. The normalized spacial score (nSPS) is 26.0. The summed E-state index contributed by atoms with van der Waals surface area (Å²) in [6.07, 6.45) is 1.65. The number of carbonyl (C=O) groups is 3. The fourth-order valence-electron chi connectivity index (χ4n) is 6.40. The molecule has 0 spiro atoms. The van der Waals surface area contributed by atoms with Crippen LogP contribution in [0.4, 0.5) is 11.5 Å². The number of amides is 1. The Morgan fingerprint density at radius 2 is 1.93 bits per heavy atom. The van der Waals surface area contributed by atoms with Crippen LogP contribution >= 0.6 is 0 Å². The molecule has 40 heavy (non-hydrogen) atoms. The zero-order valence-corrected chi connectivity index (χ0v) is 22.6. The first-order chi connectivity index (χ1) is 18.8. The molecule has 1 fully saturated rings. The molecule has 4 unspecified atom stereocenters. The van der Waals surface area contributed by atoms with Crippen LogP contribution in [0.5, 0.6) is 5.75 Å². The van der Waals surface area contributed by atoms with E-state index >= 15 is 0 Å². The zero-order valence-electron chi connectivity index (χ0n) is 22.6. The van der Waals surface area contributed by atoms with Gasteiger partial charge in [0.1, 0.15) is 17.8 Å². The highest BCUT2D eigenvalue weighted by molar-refractivity contribution is 6.22. The first-order valence-electron chi connectivity index (χ1n) is 12.7. The van der Waals surface area contributed by atoms with Crippen LogP contribution in [0, 0.1) is 11.8 Å². The van der Waals surface area contributed by atoms with Crippen LogP contribution in [-0.2, 0) is 27.3 Å². The fourth-order valence-corrected chi connectivity index (χ4v) is 6.40.